The highest BCUT2D eigenvalue weighted by molar-refractivity contribution is 5.93. The van der Waals surface area contributed by atoms with Crippen molar-refractivity contribution in [1.82, 2.24) is 14.9 Å². The standard InChI is InChI=1S/C18H21F3N4O/c1-4-5-10-25(3)17(26)15-11-16(23-12(2)22-15)24-14-8-6-13(7-9-14)18(19,20)21/h6-9,11H,4-5,10H2,1-3H3,(H,22,23,24). The minimum atomic E-state index is -4.38. The van der Waals surface area contributed by atoms with Gasteiger partial charge in [0.15, 0.2) is 0 Å². The van der Waals surface area contributed by atoms with Gasteiger partial charge in [-0.1, -0.05) is 13.3 Å². The van der Waals surface area contributed by atoms with Gasteiger partial charge in [-0.05, 0) is 37.6 Å². The molecule has 8 heteroatoms. The van der Waals surface area contributed by atoms with E-state index in [0.717, 1.165) is 25.0 Å². The number of benzene rings is 1. The van der Waals surface area contributed by atoms with Gasteiger partial charge >= 0.3 is 6.18 Å². The number of hydrogen-bond acceptors (Lipinski definition) is 4. The molecular formula is C18H21F3N4O. The van der Waals surface area contributed by atoms with E-state index in [1.54, 1.807) is 18.9 Å². The molecule has 1 aromatic heterocycles. The minimum Gasteiger partial charge on any atom is -0.340 e. The molecule has 0 aliphatic heterocycles. The fourth-order valence-electron chi connectivity index (χ4n) is 2.32. The Hall–Kier alpha value is -2.64. The smallest absolute Gasteiger partial charge is 0.340 e. The zero-order chi connectivity index (χ0) is 19.3. The Morgan fingerprint density at radius 1 is 1.19 bits per heavy atom. The Bertz CT molecular complexity index is 760. The molecule has 140 valence electrons. The van der Waals surface area contributed by atoms with Crippen LogP contribution in [0.5, 0.6) is 0 Å². The number of aromatic nitrogens is 2. The van der Waals surface area contributed by atoms with E-state index in [4.69, 9.17) is 0 Å². The third kappa shape index (κ3) is 5.18. The van der Waals surface area contributed by atoms with Crippen molar-refractivity contribution in [3.8, 4) is 0 Å². The van der Waals surface area contributed by atoms with Crippen LogP contribution in [0.3, 0.4) is 0 Å². The van der Waals surface area contributed by atoms with Crippen molar-refractivity contribution in [2.24, 2.45) is 0 Å². The maximum atomic E-state index is 12.6. The van der Waals surface area contributed by atoms with Gasteiger partial charge in [0.05, 0.1) is 5.56 Å². The lowest BCUT2D eigenvalue weighted by atomic mass is 10.2. The number of unbranched alkanes of at least 4 members (excludes halogenated alkanes) is 1. The summed E-state index contributed by atoms with van der Waals surface area (Å²) in [5, 5.41) is 2.91. The molecule has 1 amide bonds. The van der Waals surface area contributed by atoms with Gasteiger partial charge in [0.25, 0.3) is 5.91 Å². The quantitative estimate of drug-likeness (QED) is 0.822. The van der Waals surface area contributed by atoms with Gasteiger partial charge in [-0.2, -0.15) is 13.2 Å². The number of aryl methyl sites for hydroxylation is 1. The molecule has 1 aromatic carbocycles. The topological polar surface area (TPSA) is 58.1 Å². The van der Waals surface area contributed by atoms with Gasteiger partial charge in [0.1, 0.15) is 17.3 Å². The Morgan fingerprint density at radius 2 is 1.85 bits per heavy atom. The Morgan fingerprint density at radius 3 is 2.42 bits per heavy atom. The van der Waals surface area contributed by atoms with Crippen molar-refractivity contribution in [2.75, 3.05) is 18.9 Å². The number of alkyl halides is 3. The van der Waals surface area contributed by atoms with Crippen LogP contribution in [-0.4, -0.2) is 34.4 Å². The fourth-order valence-corrected chi connectivity index (χ4v) is 2.32. The van der Waals surface area contributed by atoms with Crippen LogP contribution in [0.25, 0.3) is 0 Å². The first-order valence-corrected chi connectivity index (χ1v) is 8.26. The number of halogens is 3. The highest BCUT2D eigenvalue weighted by Gasteiger charge is 2.29. The largest absolute Gasteiger partial charge is 0.416 e. The molecule has 1 heterocycles. The van der Waals surface area contributed by atoms with Crippen molar-refractivity contribution >= 4 is 17.4 Å². The molecule has 0 unspecified atom stereocenters. The number of carbonyl (C=O) groups is 1. The SMILES string of the molecule is CCCCN(C)C(=O)c1cc(Nc2ccc(C(F)(F)F)cc2)nc(C)n1. The summed E-state index contributed by atoms with van der Waals surface area (Å²) in [6.07, 6.45) is -2.52. The highest BCUT2D eigenvalue weighted by Crippen LogP contribution is 2.30. The second kappa shape index (κ2) is 8.16. The second-order valence-electron chi connectivity index (χ2n) is 5.97. The van der Waals surface area contributed by atoms with Gasteiger partial charge in [-0.15, -0.1) is 0 Å². The summed E-state index contributed by atoms with van der Waals surface area (Å²) in [6, 6.07) is 6.10. The number of nitrogens with zero attached hydrogens (tertiary/aromatic N) is 3. The van der Waals surface area contributed by atoms with E-state index in [1.807, 2.05) is 6.92 Å². The summed E-state index contributed by atoms with van der Waals surface area (Å²) in [6.45, 7) is 4.32. The highest BCUT2D eigenvalue weighted by atomic mass is 19.4. The first kappa shape index (κ1) is 19.7. The van der Waals surface area contributed by atoms with Crippen LogP contribution in [-0.2, 0) is 6.18 Å². The molecule has 0 saturated heterocycles. The monoisotopic (exact) mass is 366 g/mol. The molecule has 0 spiro atoms. The van der Waals surface area contributed by atoms with Crippen LogP contribution < -0.4 is 5.32 Å². The molecule has 5 nitrogen and oxygen atoms in total. The van der Waals surface area contributed by atoms with E-state index in [1.165, 1.54) is 18.2 Å². The number of rotatable bonds is 6. The molecule has 1 N–H and O–H groups in total. The molecule has 2 rings (SSSR count). The summed E-state index contributed by atoms with van der Waals surface area (Å²) in [5.74, 6) is 0.526. The van der Waals surface area contributed by atoms with Gasteiger partial charge in [0.2, 0.25) is 0 Å². The lowest BCUT2D eigenvalue weighted by molar-refractivity contribution is -0.137. The summed E-state index contributed by atoms with van der Waals surface area (Å²) in [7, 11) is 1.71. The van der Waals surface area contributed by atoms with E-state index < -0.39 is 11.7 Å². The predicted molar refractivity (Wildman–Crippen MR) is 93.4 cm³/mol. The first-order chi connectivity index (χ1) is 12.2. The van der Waals surface area contributed by atoms with E-state index in [9.17, 15) is 18.0 Å². The normalized spacial score (nSPS) is 11.3. The second-order valence-corrected chi connectivity index (χ2v) is 5.97. The number of amides is 1. The van der Waals surface area contributed by atoms with Crippen LogP contribution in [0.4, 0.5) is 24.7 Å². The van der Waals surface area contributed by atoms with Gasteiger partial charge < -0.3 is 10.2 Å². The van der Waals surface area contributed by atoms with Crippen LogP contribution in [0.2, 0.25) is 0 Å². The molecule has 0 bridgehead atoms. The lowest BCUT2D eigenvalue weighted by Gasteiger charge is -2.17. The first-order valence-electron chi connectivity index (χ1n) is 8.26. The maximum absolute atomic E-state index is 12.6. The Balaban J connectivity index is 2.18. The van der Waals surface area contributed by atoms with Crippen molar-refractivity contribution in [3.63, 3.8) is 0 Å². The van der Waals surface area contributed by atoms with Crippen molar-refractivity contribution in [2.45, 2.75) is 32.9 Å². The van der Waals surface area contributed by atoms with Crippen LogP contribution in [0.15, 0.2) is 30.3 Å². The van der Waals surface area contributed by atoms with E-state index in [0.29, 0.717) is 23.9 Å². The third-order valence-electron chi connectivity index (χ3n) is 3.74. The van der Waals surface area contributed by atoms with Gasteiger partial charge in [0, 0.05) is 25.3 Å². The average Bonchev–Trinajstić information content (AvgIpc) is 2.58. The fraction of sp³-hybridized carbons (Fsp3) is 0.389. The maximum Gasteiger partial charge on any atom is 0.416 e. The van der Waals surface area contributed by atoms with Gasteiger partial charge in [-0.25, -0.2) is 9.97 Å². The summed E-state index contributed by atoms with van der Waals surface area (Å²) in [5.41, 5.74) is -0.0466. The minimum absolute atomic E-state index is 0.223. The Kier molecular flexibility index (Phi) is 6.18. The molecule has 2 aromatic rings. The Labute approximate surface area is 150 Å². The molecule has 0 aliphatic rings. The van der Waals surface area contributed by atoms with E-state index >= 15 is 0 Å². The zero-order valence-corrected chi connectivity index (χ0v) is 14.9. The van der Waals surface area contributed by atoms with Crippen molar-refractivity contribution in [1.29, 1.82) is 0 Å². The molecule has 26 heavy (non-hydrogen) atoms. The van der Waals surface area contributed by atoms with Crippen LogP contribution >= 0.6 is 0 Å². The molecule has 0 fully saturated rings. The number of anilines is 2. The van der Waals surface area contributed by atoms with Crippen LogP contribution in [0, 0.1) is 6.92 Å². The lowest BCUT2D eigenvalue weighted by Crippen LogP contribution is -2.28. The number of hydrogen-bond donors (Lipinski definition) is 1. The van der Waals surface area contributed by atoms with Gasteiger partial charge in [-0.3, -0.25) is 4.79 Å². The number of nitrogens with one attached hydrogen (secondary N) is 1. The third-order valence-corrected chi connectivity index (χ3v) is 3.74. The molecule has 0 saturated carbocycles. The summed E-state index contributed by atoms with van der Waals surface area (Å²) < 4.78 is 37.9. The van der Waals surface area contributed by atoms with Crippen molar-refractivity contribution < 1.29 is 18.0 Å². The predicted octanol–water partition coefficient (Wildman–Crippen LogP) is 4.42. The van der Waals surface area contributed by atoms with E-state index in [2.05, 4.69) is 15.3 Å². The number of carbonyl (C=O) groups excluding carboxylic acids is 1. The molecule has 0 aliphatic carbocycles. The molecule has 0 atom stereocenters. The summed E-state index contributed by atoms with van der Waals surface area (Å²) >= 11 is 0. The molecular weight excluding hydrogens is 345 g/mol. The van der Waals surface area contributed by atoms with E-state index in [-0.39, 0.29) is 11.6 Å². The summed E-state index contributed by atoms with van der Waals surface area (Å²) in [4.78, 5) is 22.4. The zero-order valence-electron chi connectivity index (χ0n) is 14.9. The average molecular weight is 366 g/mol. The molecule has 0 radical (unpaired) electrons. The van der Waals surface area contributed by atoms with Crippen LogP contribution in [0.1, 0.15) is 41.6 Å². The van der Waals surface area contributed by atoms with Crippen molar-refractivity contribution in [3.05, 3.63) is 47.4 Å².